The lowest BCUT2D eigenvalue weighted by Crippen LogP contribution is -2.32. The van der Waals surface area contributed by atoms with E-state index in [4.69, 9.17) is 9.47 Å². The van der Waals surface area contributed by atoms with E-state index in [2.05, 4.69) is 4.98 Å². The molecule has 0 aliphatic carbocycles. The van der Waals surface area contributed by atoms with Crippen molar-refractivity contribution in [1.82, 2.24) is 19.2 Å². The van der Waals surface area contributed by atoms with E-state index in [1.165, 1.54) is 4.90 Å². The summed E-state index contributed by atoms with van der Waals surface area (Å²) in [6, 6.07) is 19.8. The van der Waals surface area contributed by atoms with Crippen LogP contribution in [0.1, 0.15) is 35.0 Å². The topological polar surface area (TPSA) is 96.6 Å². The molecule has 4 aromatic rings. The fourth-order valence-corrected chi connectivity index (χ4v) is 5.25. The van der Waals surface area contributed by atoms with Gasteiger partial charge in [-0.15, -0.1) is 0 Å². The number of Topliss-reactive ketones (excluding diaryl/α,β-unsaturated/α-hetero) is 1. The molecule has 2 aromatic heterocycles. The number of methoxy groups -OCH3 is 1. The molecule has 212 valence electrons. The monoisotopic (exact) mass is 554 g/mol. The number of likely N-dealkylation sites (tertiary alicyclic amines) is 1. The Morgan fingerprint density at radius 2 is 1.78 bits per heavy atom. The van der Waals surface area contributed by atoms with Crippen LogP contribution in [-0.4, -0.2) is 70.3 Å². The normalized spacial score (nSPS) is 16.6. The van der Waals surface area contributed by atoms with Crippen LogP contribution in [0.15, 0.2) is 78.5 Å². The molecule has 0 radical (unpaired) electrons. The molecule has 1 unspecified atom stereocenters. The molecule has 1 aliphatic rings. The molecule has 0 bridgehead atoms. The molecular formula is C32H34N4O5. The number of hydrogen-bond donors (Lipinski definition) is 1. The summed E-state index contributed by atoms with van der Waals surface area (Å²) in [5.41, 5.74) is 3.22. The van der Waals surface area contributed by atoms with Crippen LogP contribution in [0.25, 0.3) is 11.4 Å². The molecule has 1 amide bonds. The van der Waals surface area contributed by atoms with E-state index < -0.39 is 17.7 Å². The van der Waals surface area contributed by atoms with Crippen molar-refractivity contribution >= 4 is 23.1 Å². The molecule has 9 nitrogen and oxygen atoms in total. The van der Waals surface area contributed by atoms with E-state index in [0.29, 0.717) is 53.7 Å². The first kappa shape index (κ1) is 27.9. The van der Waals surface area contributed by atoms with Gasteiger partial charge in [0, 0.05) is 12.7 Å². The molecule has 0 spiro atoms. The second-order valence-corrected chi connectivity index (χ2v) is 10.3. The Morgan fingerprint density at radius 3 is 2.51 bits per heavy atom. The van der Waals surface area contributed by atoms with Gasteiger partial charge in [-0.2, -0.15) is 0 Å². The Hall–Kier alpha value is -4.63. The van der Waals surface area contributed by atoms with E-state index in [9.17, 15) is 14.7 Å². The van der Waals surface area contributed by atoms with Crippen molar-refractivity contribution in [2.45, 2.75) is 26.0 Å². The summed E-state index contributed by atoms with van der Waals surface area (Å²) in [5, 5.41) is 11.7. The highest BCUT2D eigenvalue weighted by Crippen LogP contribution is 2.42. The predicted molar refractivity (Wildman–Crippen MR) is 156 cm³/mol. The number of ketones is 1. The number of carbonyl (C=O) groups is 2. The molecule has 3 heterocycles. The first-order valence-corrected chi connectivity index (χ1v) is 13.5. The van der Waals surface area contributed by atoms with Gasteiger partial charge >= 0.3 is 0 Å². The zero-order valence-electron chi connectivity index (χ0n) is 23.7. The summed E-state index contributed by atoms with van der Waals surface area (Å²) in [6.45, 7) is 3.20. The quantitative estimate of drug-likeness (QED) is 0.174. The minimum absolute atomic E-state index is 0.0219. The van der Waals surface area contributed by atoms with Gasteiger partial charge < -0.3 is 24.4 Å². The van der Waals surface area contributed by atoms with Gasteiger partial charge in [-0.3, -0.25) is 14.0 Å². The van der Waals surface area contributed by atoms with Crippen molar-refractivity contribution in [3.63, 3.8) is 0 Å². The Morgan fingerprint density at radius 1 is 1.02 bits per heavy atom. The van der Waals surface area contributed by atoms with Crippen molar-refractivity contribution in [2.75, 3.05) is 34.3 Å². The third-order valence-corrected chi connectivity index (χ3v) is 7.21. The second-order valence-electron chi connectivity index (χ2n) is 10.3. The van der Waals surface area contributed by atoms with Crippen LogP contribution in [0.3, 0.4) is 0 Å². The lowest BCUT2D eigenvalue weighted by molar-refractivity contribution is -0.139. The average Bonchev–Trinajstić information content (AvgIpc) is 3.44. The summed E-state index contributed by atoms with van der Waals surface area (Å²) < 4.78 is 13.4. The third-order valence-electron chi connectivity index (χ3n) is 7.21. The standard InChI is InChI=1S/C32H34N4O5/c1-21-28(35-17-9-8-13-26(35)33-21)30(37)27-29(36(32(39)31(27)38)18-10-16-34(2)3)23-14-15-24(25(19-23)40-4)41-20-22-11-6-5-7-12-22/h5-9,11-15,17,19,29,37H,10,16,18,20H2,1-4H3. The number of aliphatic hydroxyl groups excluding tert-OH is 1. The van der Waals surface area contributed by atoms with E-state index in [1.807, 2.05) is 73.6 Å². The maximum Gasteiger partial charge on any atom is 0.295 e. The van der Waals surface area contributed by atoms with Crippen LogP contribution < -0.4 is 9.47 Å². The Kier molecular flexibility index (Phi) is 8.07. The van der Waals surface area contributed by atoms with Crippen molar-refractivity contribution in [3.05, 3.63) is 101 Å². The van der Waals surface area contributed by atoms with Gasteiger partial charge in [0.2, 0.25) is 0 Å². The van der Waals surface area contributed by atoms with Crippen LogP contribution in [0.4, 0.5) is 0 Å². The van der Waals surface area contributed by atoms with Gasteiger partial charge in [0.25, 0.3) is 11.7 Å². The van der Waals surface area contributed by atoms with Crippen LogP contribution in [-0.2, 0) is 16.2 Å². The second kappa shape index (κ2) is 11.9. The maximum atomic E-state index is 13.6. The van der Waals surface area contributed by atoms with Gasteiger partial charge in [-0.1, -0.05) is 42.5 Å². The molecule has 0 saturated carbocycles. The van der Waals surface area contributed by atoms with E-state index in [0.717, 1.165) is 12.1 Å². The van der Waals surface area contributed by atoms with Crippen LogP contribution >= 0.6 is 0 Å². The lowest BCUT2D eigenvalue weighted by Gasteiger charge is -2.26. The molecule has 1 saturated heterocycles. The third kappa shape index (κ3) is 5.53. The number of carbonyl (C=O) groups excluding carboxylic acids is 2. The van der Waals surface area contributed by atoms with Gasteiger partial charge in [-0.05, 0) is 69.4 Å². The number of aryl methyl sites for hydroxylation is 1. The number of fused-ring (bicyclic) bond motifs is 1. The van der Waals surface area contributed by atoms with Gasteiger partial charge in [0.05, 0.1) is 24.4 Å². The van der Waals surface area contributed by atoms with Gasteiger partial charge in [0.15, 0.2) is 17.3 Å². The van der Waals surface area contributed by atoms with Gasteiger partial charge in [-0.25, -0.2) is 4.98 Å². The fraction of sp³-hybridized carbons (Fsp3) is 0.281. The molecule has 1 aliphatic heterocycles. The van der Waals surface area contributed by atoms with Crippen LogP contribution in [0.2, 0.25) is 0 Å². The summed E-state index contributed by atoms with van der Waals surface area (Å²) in [4.78, 5) is 35.1. The molecule has 1 fully saturated rings. The fourth-order valence-electron chi connectivity index (χ4n) is 5.25. The highest BCUT2D eigenvalue weighted by molar-refractivity contribution is 6.46. The molecule has 1 N–H and O–H groups in total. The van der Waals surface area contributed by atoms with Crippen molar-refractivity contribution < 1.29 is 24.2 Å². The molecule has 2 aromatic carbocycles. The van der Waals surface area contributed by atoms with Crippen LogP contribution in [0, 0.1) is 6.92 Å². The smallest absolute Gasteiger partial charge is 0.295 e. The molecular weight excluding hydrogens is 520 g/mol. The van der Waals surface area contributed by atoms with Crippen LogP contribution in [0.5, 0.6) is 11.5 Å². The Bertz CT molecular complexity index is 1610. The number of amides is 1. The minimum atomic E-state index is -0.817. The number of ether oxygens (including phenoxy) is 2. The first-order chi connectivity index (χ1) is 19.8. The maximum absolute atomic E-state index is 13.6. The van der Waals surface area contributed by atoms with Crippen molar-refractivity contribution in [1.29, 1.82) is 0 Å². The highest BCUT2D eigenvalue weighted by atomic mass is 16.5. The van der Waals surface area contributed by atoms with Crippen molar-refractivity contribution in [3.8, 4) is 11.5 Å². The van der Waals surface area contributed by atoms with E-state index in [1.54, 1.807) is 36.8 Å². The Labute approximate surface area is 239 Å². The average molecular weight is 555 g/mol. The minimum Gasteiger partial charge on any atom is -0.505 e. The zero-order valence-corrected chi connectivity index (χ0v) is 23.7. The molecule has 41 heavy (non-hydrogen) atoms. The number of rotatable bonds is 10. The number of benzene rings is 2. The summed E-state index contributed by atoms with van der Waals surface area (Å²) in [7, 11) is 5.46. The largest absolute Gasteiger partial charge is 0.505 e. The lowest BCUT2D eigenvalue weighted by atomic mass is 9.95. The zero-order chi connectivity index (χ0) is 29.1. The summed E-state index contributed by atoms with van der Waals surface area (Å²) in [6.07, 6.45) is 2.43. The number of hydrogen-bond acceptors (Lipinski definition) is 7. The van der Waals surface area contributed by atoms with Crippen molar-refractivity contribution in [2.24, 2.45) is 0 Å². The van der Waals surface area contributed by atoms with E-state index >= 15 is 0 Å². The predicted octanol–water partition coefficient (Wildman–Crippen LogP) is 4.60. The molecule has 1 atom stereocenters. The van der Waals surface area contributed by atoms with E-state index in [-0.39, 0.29) is 11.3 Å². The number of aliphatic hydroxyl groups is 1. The number of pyridine rings is 1. The highest BCUT2D eigenvalue weighted by Gasteiger charge is 2.46. The summed E-state index contributed by atoms with van der Waals surface area (Å²) >= 11 is 0. The SMILES string of the molecule is COc1cc(C2C(=C(O)c3c(C)nc4ccccn34)C(=O)C(=O)N2CCCN(C)C)ccc1OCc1ccccc1. The number of nitrogens with zero attached hydrogens (tertiary/aromatic N) is 4. The van der Waals surface area contributed by atoms with Gasteiger partial charge in [0.1, 0.15) is 17.9 Å². The summed E-state index contributed by atoms with van der Waals surface area (Å²) in [5.74, 6) is -0.648. The number of aromatic nitrogens is 2. The Balaban J connectivity index is 1.59. The molecule has 5 rings (SSSR count). The molecule has 9 heteroatoms. The first-order valence-electron chi connectivity index (χ1n) is 13.5. The number of imidazole rings is 1.